The zero-order chi connectivity index (χ0) is 16.3. The van der Waals surface area contributed by atoms with Crippen LogP contribution >= 0.6 is 0 Å². The number of ether oxygens (including phenoxy) is 2. The summed E-state index contributed by atoms with van der Waals surface area (Å²) in [6, 6.07) is 6.73. The Morgan fingerprint density at radius 3 is 3.22 bits per heavy atom. The Morgan fingerprint density at radius 1 is 1.57 bits per heavy atom. The molecule has 1 aromatic rings. The molecule has 0 aromatic heterocycles. The summed E-state index contributed by atoms with van der Waals surface area (Å²) in [6.07, 6.45) is 0. The molecule has 0 radical (unpaired) electrons. The number of rotatable bonds is 6. The van der Waals surface area contributed by atoms with Gasteiger partial charge in [0.1, 0.15) is 12.4 Å². The van der Waals surface area contributed by atoms with Gasteiger partial charge in [0, 0.05) is 44.6 Å². The molecule has 3 rings (SSSR count). The number of hydrogen-bond donors (Lipinski definition) is 1. The van der Waals surface area contributed by atoms with Gasteiger partial charge >= 0.3 is 0 Å². The first-order chi connectivity index (χ1) is 11.1. The second-order valence-electron chi connectivity index (χ2n) is 6.58. The maximum atomic E-state index is 13.3. The lowest BCUT2D eigenvalue weighted by Gasteiger charge is -2.27. The number of nitrogens with zero attached hydrogens (tertiary/aromatic N) is 1. The minimum Gasteiger partial charge on any atom is -0.380 e. The Kier molecular flexibility index (Phi) is 4.94. The summed E-state index contributed by atoms with van der Waals surface area (Å²) in [5.41, 5.74) is 0.931. The molecule has 2 atom stereocenters. The topological polar surface area (TPSA) is 50.8 Å². The molecule has 0 spiro atoms. The zero-order valence-corrected chi connectivity index (χ0v) is 13.4. The van der Waals surface area contributed by atoms with Crippen molar-refractivity contribution in [1.82, 2.24) is 10.2 Å². The fourth-order valence-corrected chi connectivity index (χ4v) is 3.66. The molecule has 0 unspecified atom stereocenters. The smallest absolute Gasteiger partial charge is 0.246 e. The molecule has 0 saturated carbocycles. The fourth-order valence-electron chi connectivity index (χ4n) is 3.66. The van der Waals surface area contributed by atoms with E-state index >= 15 is 0 Å². The van der Waals surface area contributed by atoms with Crippen LogP contribution in [-0.4, -0.2) is 57.4 Å². The van der Waals surface area contributed by atoms with E-state index in [0.717, 1.165) is 31.8 Å². The summed E-state index contributed by atoms with van der Waals surface area (Å²) >= 11 is 0. The van der Waals surface area contributed by atoms with Gasteiger partial charge in [0.25, 0.3) is 0 Å². The van der Waals surface area contributed by atoms with Crippen molar-refractivity contribution < 1.29 is 18.7 Å². The van der Waals surface area contributed by atoms with Crippen molar-refractivity contribution in [2.45, 2.75) is 6.54 Å². The van der Waals surface area contributed by atoms with Gasteiger partial charge in [-0.2, -0.15) is 0 Å². The molecule has 1 N–H and O–H groups in total. The summed E-state index contributed by atoms with van der Waals surface area (Å²) in [7, 11) is 1.51. The van der Waals surface area contributed by atoms with Crippen LogP contribution in [0.5, 0.6) is 0 Å². The fraction of sp³-hybridized carbons (Fsp3) is 0.588. The van der Waals surface area contributed by atoms with Crippen LogP contribution < -0.4 is 5.32 Å². The van der Waals surface area contributed by atoms with Gasteiger partial charge in [-0.3, -0.25) is 9.69 Å². The van der Waals surface area contributed by atoms with Crippen LogP contribution in [0.3, 0.4) is 0 Å². The highest BCUT2D eigenvalue weighted by atomic mass is 19.1. The predicted molar refractivity (Wildman–Crippen MR) is 83.3 cm³/mol. The molecule has 2 fully saturated rings. The summed E-state index contributed by atoms with van der Waals surface area (Å²) in [6.45, 7) is 4.54. The number of halogens is 1. The van der Waals surface area contributed by atoms with Crippen molar-refractivity contribution in [1.29, 1.82) is 0 Å². The maximum Gasteiger partial charge on any atom is 0.246 e. The quantitative estimate of drug-likeness (QED) is 0.850. The van der Waals surface area contributed by atoms with E-state index in [2.05, 4.69) is 10.2 Å². The molecule has 6 heteroatoms. The van der Waals surface area contributed by atoms with Gasteiger partial charge in [0.2, 0.25) is 5.91 Å². The lowest BCUT2D eigenvalue weighted by molar-refractivity contribution is -0.125. The maximum absolute atomic E-state index is 13.3. The third kappa shape index (κ3) is 3.71. The number of benzene rings is 1. The molecule has 0 aliphatic carbocycles. The highest BCUT2D eigenvalue weighted by Crippen LogP contribution is 2.41. The van der Waals surface area contributed by atoms with Gasteiger partial charge in [-0.05, 0) is 17.7 Å². The lowest BCUT2D eigenvalue weighted by Crippen LogP contribution is -2.44. The third-order valence-corrected chi connectivity index (χ3v) is 4.80. The summed E-state index contributed by atoms with van der Waals surface area (Å²) in [5.74, 6) is 0.0989. The largest absolute Gasteiger partial charge is 0.380 e. The molecular formula is C17H23FN2O3. The summed E-state index contributed by atoms with van der Waals surface area (Å²) in [5, 5.41) is 2.95. The first-order valence-corrected chi connectivity index (χ1v) is 7.91. The number of carbonyl (C=O) groups excluding carboxylic acids is 1. The number of nitrogens with one attached hydrogen (secondary N) is 1. The van der Waals surface area contributed by atoms with E-state index in [9.17, 15) is 9.18 Å². The van der Waals surface area contributed by atoms with Crippen LogP contribution in [0.15, 0.2) is 24.3 Å². The number of carbonyl (C=O) groups is 1. The van der Waals surface area contributed by atoms with Gasteiger partial charge in [-0.25, -0.2) is 4.39 Å². The average molecular weight is 322 g/mol. The number of hydrogen-bond acceptors (Lipinski definition) is 4. The van der Waals surface area contributed by atoms with E-state index in [1.165, 1.54) is 13.2 Å². The monoisotopic (exact) mass is 322 g/mol. The Morgan fingerprint density at radius 2 is 2.43 bits per heavy atom. The van der Waals surface area contributed by atoms with Crippen molar-refractivity contribution in [3.63, 3.8) is 0 Å². The van der Waals surface area contributed by atoms with Gasteiger partial charge in [0.15, 0.2) is 0 Å². The Balaban J connectivity index is 1.61. The Bertz CT molecular complexity index is 569. The minimum atomic E-state index is -0.202. The standard InChI is InChI=1S/C17H23FN2O3/c1-22-9-16(21)19-10-17-11-20(7-14(17)8-23-12-17)6-13-3-2-4-15(18)5-13/h2-5,14H,6-12H2,1H3,(H,19,21)/t14-,17+/m0/s1. The second kappa shape index (κ2) is 6.95. The van der Waals surface area contributed by atoms with Gasteiger partial charge in [-0.1, -0.05) is 12.1 Å². The van der Waals surface area contributed by atoms with Crippen LogP contribution in [0.2, 0.25) is 0 Å². The molecule has 5 nitrogen and oxygen atoms in total. The molecule has 1 aromatic carbocycles. The Hall–Kier alpha value is -1.50. The number of amides is 1. The van der Waals surface area contributed by atoms with Gasteiger partial charge in [0.05, 0.1) is 13.2 Å². The molecule has 2 aliphatic rings. The Labute approximate surface area is 135 Å². The molecule has 2 heterocycles. The molecule has 23 heavy (non-hydrogen) atoms. The molecule has 1 amide bonds. The predicted octanol–water partition coefficient (Wildman–Crippen LogP) is 1.04. The van der Waals surface area contributed by atoms with Crippen molar-refractivity contribution in [2.24, 2.45) is 11.3 Å². The molecule has 2 saturated heterocycles. The molecular weight excluding hydrogens is 299 g/mol. The van der Waals surface area contributed by atoms with Crippen LogP contribution in [0.1, 0.15) is 5.56 Å². The normalized spacial score (nSPS) is 27.1. The van der Waals surface area contributed by atoms with E-state index in [1.807, 2.05) is 6.07 Å². The highest BCUT2D eigenvalue weighted by molar-refractivity contribution is 5.77. The SMILES string of the molecule is COCC(=O)NC[C@@]12COC[C@@H]1CN(Cc1cccc(F)c1)C2. The second-order valence-corrected chi connectivity index (χ2v) is 6.58. The van der Waals surface area contributed by atoms with Crippen molar-refractivity contribution >= 4 is 5.91 Å². The number of methoxy groups -OCH3 is 1. The molecule has 2 aliphatic heterocycles. The average Bonchev–Trinajstić information content (AvgIpc) is 3.02. The lowest BCUT2D eigenvalue weighted by atomic mass is 9.81. The first kappa shape index (κ1) is 16.4. The van der Waals surface area contributed by atoms with E-state index in [4.69, 9.17) is 9.47 Å². The first-order valence-electron chi connectivity index (χ1n) is 7.91. The van der Waals surface area contributed by atoms with Crippen molar-refractivity contribution in [3.8, 4) is 0 Å². The van der Waals surface area contributed by atoms with E-state index in [-0.39, 0.29) is 23.7 Å². The van der Waals surface area contributed by atoms with Crippen LogP contribution in [0.25, 0.3) is 0 Å². The van der Waals surface area contributed by atoms with Gasteiger partial charge < -0.3 is 14.8 Å². The molecule has 126 valence electrons. The summed E-state index contributed by atoms with van der Waals surface area (Å²) in [4.78, 5) is 14.0. The van der Waals surface area contributed by atoms with Crippen LogP contribution in [0, 0.1) is 17.2 Å². The third-order valence-electron chi connectivity index (χ3n) is 4.80. The number of likely N-dealkylation sites (tertiary alicyclic amines) is 1. The van der Waals surface area contributed by atoms with Crippen molar-refractivity contribution in [3.05, 3.63) is 35.6 Å². The molecule has 0 bridgehead atoms. The summed E-state index contributed by atoms with van der Waals surface area (Å²) < 4.78 is 23.8. The highest BCUT2D eigenvalue weighted by Gasteiger charge is 2.50. The minimum absolute atomic E-state index is 0.0449. The van der Waals surface area contributed by atoms with Gasteiger partial charge in [-0.15, -0.1) is 0 Å². The van der Waals surface area contributed by atoms with Crippen LogP contribution in [0.4, 0.5) is 4.39 Å². The van der Waals surface area contributed by atoms with E-state index < -0.39 is 0 Å². The zero-order valence-electron chi connectivity index (χ0n) is 13.4. The van der Waals surface area contributed by atoms with E-state index in [0.29, 0.717) is 19.1 Å². The van der Waals surface area contributed by atoms with E-state index in [1.54, 1.807) is 12.1 Å². The van der Waals surface area contributed by atoms with Crippen LogP contribution in [-0.2, 0) is 20.8 Å². The number of fused-ring (bicyclic) bond motifs is 1. The van der Waals surface area contributed by atoms with Crippen molar-refractivity contribution in [2.75, 3.05) is 46.6 Å².